The van der Waals surface area contributed by atoms with Crippen molar-refractivity contribution in [3.05, 3.63) is 40.3 Å². The largest absolute Gasteiger partial charge is 0.390 e. The van der Waals surface area contributed by atoms with E-state index in [4.69, 9.17) is 5.11 Å². The first-order valence-electron chi connectivity index (χ1n) is 6.23. The lowest BCUT2D eigenvalue weighted by Crippen LogP contribution is -2.36. The standard InChI is InChI=1S/C13H18N2O3S2/c1-10(6-12-4-3-5-19-12)15(2)20(17,18)13-7-11(9-16)14-8-13/h3-5,7-8,10,14,16H,6,9H2,1-2H3. The monoisotopic (exact) mass is 314 g/mol. The van der Waals surface area contributed by atoms with Gasteiger partial charge < -0.3 is 10.1 Å². The van der Waals surface area contributed by atoms with Crippen LogP contribution in [-0.4, -0.2) is 35.9 Å². The molecular weight excluding hydrogens is 296 g/mol. The zero-order valence-electron chi connectivity index (χ0n) is 11.4. The van der Waals surface area contributed by atoms with Crippen molar-refractivity contribution in [1.82, 2.24) is 9.29 Å². The SMILES string of the molecule is CC(Cc1cccs1)N(C)S(=O)(=O)c1c[nH]c(CO)c1. The number of rotatable bonds is 6. The van der Waals surface area contributed by atoms with Gasteiger partial charge in [-0.05, 0) is 30.9 Å². The fraction of sp³-hybridized carbons (Fsp3) is 0.385. The summed E-state index contributed by atoms with van der Waals surface area (Å²) in [6, 6.07) is 5.29. The fourth-order valence-electron chi connectivity index (χ4n) is 1.91. The summed E-state index contributed by atoms with van der Waals surface area (Å²) < 4.78 is 26.3. The minimum Gasteiger partial charge on any atom is -0.390 e. The van der Waals surface area contributed by atoms with Crippen LogP contribution in [0.1, 0.15) is 17.5 Å². The van der Waals surface area contributed by atoms with E-state index in [2.05, 4.69) is 4.98 Å². The number of nitrogens with zero attached hydrogens (tertiary/aromatic N) is 1. The van der Waals surface area contributed by atoms with E-state index in [9.17, 15) is 8.42 Å². The average Bonchev–Trinajstić information content (AvgIpc) is 3.08. The minimum atomic E-state index is -3.54. The van der Waals surface area contributed by atoms with Gasteiger partial charge in [-0.15, -0.1) is 11.3 Å². The predicted octanol–water partition coefficient (Wildman–Crippen LogP) is 1.82. The molecule has 0 aromatic carbocycles. The quantitative estimate of drug-likeness (QED) is 0.854. The number of sulfonamides is 1. The topological polar surface area (TPSA) is 73.4 Å². The number of nitrogens with one attached hydrogen (secondary N) is 1. The molecule has 0 aliphatic rings. The van der Waals surface area contributed by atoms with Gasteiger partial charge in [0.05, 0.1) is 11.5 Å². The van der Waals surface area contributed by atoms with E-state index in [1.165, 1.54) is 16.6 Å². The zero-order chi connectivity index (χ0) is 14.8. The number of likely N-dealkylation sites (N-methyl/N-ethyl adjacent to an activating group) is 1. The van der Waals surface area contributed by atoms with Crippen LogP contribution in [0.5, 0.6) is 0 Å². The molecule has 2 aromatic rings. The third-order valence-corrected chi connectivity index (χ3v) is 6.11. The van der Waals surface area contributed by atoms with Crippen molar-refractivity contribution in [2.45, 2.75) is 30.9 Å². The number of aromatic amines is 1. The first-order chi connectivity index (χ1) is 9.45. The Morgan fingerprint density at radius 1 is 1.50 bits per heavy atom. The maximum atomic E-state index is 12.5. The number of aliphatic hydroxyl groups excluding tert-OH is 1. The van der Waals surface area contributed by atoms with E-state index in [0.717, 1.165) is 4.88 Å². The fourth-order valence-corrected chi connectivity index (χ4v) is 4.12. The van der Waals surface area contributed by atoms with Crippen molar-refractivity contribution in [2.24, 2.45) is 0 Å². The second-order valence-corrected chi connectivity index (χ2v) is 7.70. The Morgan fingerprint density at radius 3 is 2.80 bits per heavy atom. The summed E-state index contributed by atoms with van der Waals surface area (Å²) in [6.45, 7) is 1.68. The number of thiophene rings is 1. The summed E-state index contributed by atoms with van der Waals surface area (Å²) in [7, 11) is -1.95. The van der Waals surface area contributed by atoms with Gasteiger partial charge in [-0.1, -0.05) is 6.07 Å². The van der Waals surface area contributed by atoms with Crippen molar-refractivity contribution in [3.63, 3.8) is 0 Å². The van der Waals surface area contributed by atoms with E-state index in [-0.39, 0.29) is 17.5 Å². The average molecular weight is 314 g/mol. The Balaban J connectivity index is 2.15. The van der Waals surface area contributed by atoms with Crippen LogP contribution in [0.4, 0.5) is 0 Å². The highest BCUT2D eigenvalue weighted by Gasteiger charge is 2.26. The Morgan fingerprint density at radius 2 is 2.25 bits per heavy atom. The lowest BCUT2D eigenvalue weighted by Gasteiger charge is -2.23. The molecule has 2 N–H and O–H groups in total. The van der Waals surface area contributed by atoms with Gasteiger partial charge in [-0.25, -0.2) is 8.42 Å². The summed E-state index contributed by atoms with van der Waals surface area (Å²) in [4.78, 5) is 4.09. The molecule has 20 heavy (non-hydrogen) atoms. The molecule has 2 rings (SSSR count). The first kappa shape index (κ1) is 15.2. The van der Waals surface area contributed by atoms with E-state index in [1.54, 1.807) is 18.4 Å². The van der Waals surface area contributed by atoms with Crippen molar-refractivity contribution < 1.29 is 13.5 Å². The third kappa shape index (κ3) is 3.12. The number of aromatic nitrogens is 1. The van der Waals surface area contributed by atoms with Gasteiger partial charge in [0, 0.05) is 29.9 Å². The molecule has 110 valence electrons. The predicted molar refractivity (Wildman–Crippen MR) is 79.1 cm³/mol. The van der Waals surface area contributed by atoms with Gasteiger partial charge in [-0.2, -0.15) is 4.31 Å². The van der Waals surface area contributed by atoms with E-state index < -0.39 is 10.0 Å². The molecule has 5 nitrogen and oxygen atoms in total. The van der Waals surface area contributed by atoms with Crippen LogP contribution in [0.2, 0.25) is 0 Å². The van der Waals surface area contributed by atoms with Crippen molar-refractivity contribution >= 4 is 21.4 Å². The second kappa shape index (κ2) is 6.09. The van der Waals surface area contributed by atoms with Gasteiger partial charge in [0.15, 0.2) is 0 Å². The molecular formula is C13H18N2O3S2. The van der Waals surface area contributed by atoms with Crippen LogP contribution in [0.25, 0.3) is 0 Å². The lowest BCUT2D eigenvalue weighted by molar-refractivity contribution is 0.277. The van der Waals surface area contributed by atoms with Gasteiger partial charge >= 0.3 is 0 Å². The highest BCUT2D eigenvalue weighted by molar-refractivity contribution is 7.89. The van der Waals surface area contributed by atoms with Crippen LogP contribution in [-0.2, 0) is 23.1 Å². The molecule has 2 aromatic heterocycles. The van der Waals surface area contributed by atoms with E-state index in [0.29, 0.717) is 12.1 Å². The van der Waals surface area contributed by atoms with Crippen LogP contribution >= 0.6 is 11.3 Å². The van der Waals surface area contributed by atoms with Gasteiger partial charge in [-0.3, -0.25) is 0 Å². The van der Waals surface area contributed by atoms with Crippen molar-refractivity contribution in [3.8, 4) is 0 Å². The third-order valence-electron chi connectivity index (χ3n) is 3.26. The molecule has 1 unspecified atom stereocenters. The molecule has 0 aliphatic heterocycles. The maximum Gasteiger partial charge on any atom is 0.244 e. The van der Waals surface area contributed by atoms with E-state index in [1.807, 2.05) is 24.4 Å². The van der Waals surface area contributed by atoms with Crippen molar-refractivity contribution in [2.75, 3.05) is 7.05 Å². The summed E-state index contributed by atoms with van der Waals surface area (Å²) in [6.07, 6.45) is 2.10. The summed E-state index contributed by atoms with van der Waals surface area (Å²) in [5.41, 5.74) is 0.489. The van der Waals surface area contributed by atoms with Crippen molar-refractivity contribution in [1.29, 1.82) is 0 Å². The van der Waals surface area contributed by atoms with Crippen LogP contribution in [0.15, 0.2) is 34.7 Å². The molecule has 0 saturated heterocycles. The minimum absolute atomic E-state index is 0.133. The summed E-state index contributed by atoms with van der Waals surface area (Å²) in [5, 5.41) is 11.0. The number of hydrogen-bond donors (Lipinski definition) is 2. The van der Waals surface area contributed by atoms with Gasteiger partial charge in [0.2, 0.25) is 10.0 Å². The summed E-state index contributed by atoms with van der Waals surface area (Å²) >= 11 is 1.62. The Bertz CT molecular complexity index is 647. The van der Waals surface area contributed by atoms with Crippen LogP contribution in [0.3, 0.4) is 0 Å². The molecule has 0 bridgehead atoms. The van der Waals surface area contributed by atoms with Crippen LogP contribution < -0.4 is 0 Å². The lowest BCUT2D eigenvalue weighted by atomic mass is 10.2. The number of hydrogen-bond acceptors (Lipinski definition) is 4. The molecule has 0 spiro atoms. The summed E-state index contributed by atoms with van der Waals surface area (Å²) in [5.74, 6) is 0. The highest BCUT2D eigenvalue weighted by atomic mass is 32.2. The molecule has 0 radical (unpaired) electrons. The number of H-pyrrole nitrogens is 1. The molecule has 1 atom stereocenters. The zero-order valence-corrected chi connectivity index (χ0v) is 13.0. The molecule has 0 fully saturated rings. The molecule has 2 heterocycles. The van der Waals surface area contributed by atoms with Gasteiger partial charge in [0.1, 0.15) is 0 Å². The normalized spacial score (nSPS) is 13.8. The smallest absolute Gasteiger partial charge is 0.244 e. The Kier molecular flexibility index (Phi) is 4.64. The first-order valence-corrected chi connectivity index (χ1v) is 8.55. The second-order valence-electron chi connectivity index (χ2n) is 4.67. The number of aliphatic hydroxyl groups is 1. The van der Waals surface area contributed by atoms with E-state index >= 15 is 0 Å². The maximum absolute atomic E-state index is 12.5. The highest BCUT2D eigenvalue weighted by Crippen LogP contribution is 2.20. The molecule has 7 heteroatoms. The molecule has 0 amide bonds. The Labute approximate surface area is 122 Å². The Hall–Kier alpha value is -1.15. The molecule has 0 saturated carbocycles. The van der Waals surface area contributed by atoms with Crippen LogP contribution in [0, 0.1) is 0 Å². The molecule has 0 aliphatic carbocycles. The van der Waals surface area contributed by atoms with Gasteiger partial charge in [0.25, 0.3) is 0 Å².